The van der Waals surface area contributed by atoms with E-state index in [9.17, 15) is 10.1 Å². The molecule has 0 amide bonds. The number of rotatable bonds is 2. The Morgan fingerprint density at radius 3 is 2.88 bits per heavy atom. The van der Waals surface area contributed by atoms with Crippen molar-refractivity contribution in [2.24, 2.45) is 0 Å². The van der Waals surface area contributed by atoms with E-state index in [0.717, 1.165) is 29.6 Å². The van der Waals surface area contributed by atoms with Crippen molar-refractivity contribution in [2.45, 2.75) is 19.9 Å². The summed E-state index contributed by atoms with van der Waals surface area (Å²) in [5, 5.41) is 11.3. The SMILES string of the molecule is CC(=O)c1ccc(C#N)c(N2CCc3[nH]c4ccc(Cl)cc4c3C2)c1. The molecule has 1 aliphatic heterocycles. The molecule has 3 aromatic rings. The fourth-order valence-electron chi connectivity index (χ4n) is 3.50. The number of benzene rings is 2. The van der Waals surface area contributed by atoms with Crippen LogP contribution >= 0.6 is 11.6 Å². The van der Waals surface area contributed by atoms with Gasteiger partial charge in [0.25, 0.3) is 0 Å². The van der Waals surface area contributed by atoms with E-state index in [4.69, 9.17) is 11.6 Å². The predicted molar refractivity (Wildman–Crippen MR) is 99.2 cm³/mol. The summed E-state index contributed by atoms with van der Waals surface area (Å²) >= 11 is 6.17. The molecule has 25 heavy (non-hydrogen) atoms. The average Bonchev–Trinajstić information content (AvgIpc) is 2.98. The van der Waals surface area contributed by atoms with Crippen LogP contribution in [-0.4, -0.2) is 17.3 Å². The van der Waals surface area contributed by atoms with Crippen molar-refractivity contribution >= 4 is 34.0 Å². The van der Waals surface area contributed by atoms with E-state index in [2.05, 4.69) is 16.0 Å². The van der Waals surface area contributed by atoms with Gasteiger partial charge in [0, 0.05) is 52.3 Å². The second-order valence-corrected chi connectivity index (χ2v) is 6.78. The molecule has 0 atom stereocenters. The number of nitrogens with one attached hydrogen (secondary N) is 1. The fraction of sp³-hybridized carbons (Fsp3) is 0.200. The van der Waals surface area contributed by atoms with Gasteiger partial charge in [0.2, 0.25) is 0 Å². The smallest absolute Gasteiger partial charge is 0.159 e. The van der Waals surface area contributed by atoms with Crippen LogP contribution in [0.4, 0.5) is 5.69 Å². The Morgan fingerprint density at radius 1 is 1.28 bits per heavy atom. The maximum atomic E-state index is 11.7. The Kier molecular flexibility index (Phi) is 3.74. The highest BCUT2D eigenvalue weighted by atomic mass is 35.5. The summed E-state index contributed by atoms with van der Waals surface area (Å²) in [5.41, 5.74) is 5.54. The summed E-state index contributed by atoms with van der Waals surface area (Å²) in [4.78, 5) is 17.4. The summed E-state index contributed by atoms with van der Waals surface area (Å²) in [6.45, 7) is 3.02. The first-order valence-corrected chi connectivity index (χ1v) is 8.53. The summed E-state index contributed by atoms with van der Waals surface area (Å²) in [7, 11) is 0. The van der Waals surface area contributed by atoms with Crippen molar-refractivity contribution in [2.75, 3.05) is 11.4 Å². The van der Waals surface area contributed by atoms with Gasteiger partial charge in [-0.25, -0.2) is 0 Å². The lowest BCUT2D eigenvalue weighted by atomic mass is 10.0. The van der Waals surface area contributed by atoms with Crippen LogP contribution in [0.5, 0.6) is 0 Å². The van der Waals surface area contributed by atoms with Crippen molar-refractivity contribution in [1.29, 1.82) is 5.26 Å². The molecule has 0 bridgehead atoms. The molecule has 0 unspecified atom stereocenters. The highest BCUT2D eigenvalue weighted by Gasteiger charge is 2.23. The Hall–Kier alpha value is -2.77. The number of anilines is 1. The minimum Gasteiger partial charge on any atom is -0.366 e. The summed E-state index contributed by atoms with van der Waals surface area (Å²) in [6, 6.07) is 13.4. The topological polar surface area (TPSA) is 59.9 Å². The maximum Gasteiger partial charge on any atom is 0.159 e. The zero-order valence-corrected chi connectivity index (χ0v) is 14.5. The van der Waals surface area contributed by atoms with E-state index in [1.54, 1.807) is 19.1 Å². The molecule has 0 radical (unpaired) electrons. The summed E-state index contributed by atoms with van der Waals surface area (Å²) in [6.07, 6.45) is 0.858. The number of hydrogen-bond acceptors (Lipinski definition) is 3. The molecule has 2 aromatic carbocycles. The first-order chi connectivity index (χ1) is 12.1. The van der Waals surface area contributed by atoms with Gasteiger partial charge in [-0.05, 0) is 43.3 Å². The highest BCUT2D eigenvalue weighted by molar-refractivity contribution is 6.31. The molecule has 0 fully saturated rings. The van der Waals surface area contributed by atoms with Crippen LogP contribution in [-0.2, 0) is 13.0 Å². The van der Waals surface area contributed by atoms with E-state index in [1.807, 2.05) is 24.3 Å². The van der Waals surface area contributed by atoms with Crippen LogP contribution in [0.15, 0.2) is 36.4 Å². The van der Waals surface area contributed by atoms with Gasteiger partial charge in [-0.1, -0.05) is 11.6 Å². The molecular formula is C20H16ClN3O. The number of nitrogens with zero attached hydrogens (tertiary/aromatic N) is 2. The molecule has 0 saturated carbocycles. The molecule has 1 aromatic heterocycles. The highest BCUT2D eigenvalue weighted by Crippen LogP contribution is 2.33. The third-order valence-electron chi connectivity index (χ3n) is 4.80. The van der Waals surface area contributed by atoms with Crippen molar-refractivity contribution in [1.82, 2.24) is 4.98 Å². The van der Waals surface area contributed by atoms with Crippen molar-refractivity contribution < 1.29 is 4.79 Å². The second kappa shape index (κ2) is 5.94. The quantitative estimate of drug-likeness (QED) is 0.695. The van der Waals surface area contributed by atoms with E-state index in [0.29, 0.717) is 22.7 Å². The van der Waals surface area contributed by atoms with Gasteiger partial charge in [-0.15, -0.1) is 0 Å². The number of H-pyrrole nitrogens is 1. The minimum absolute atomic E-state index is 0.00214. The predicted octanol–water partition coefficient (Wildman–Crippen LogP) is 4.46. The van der Waals surface area contributed by atoms with Gasteiger partial charge in [-0.3, -0.25) is 4.79 Å². The second-order valence-electron chi connectivity index (χ2n) is 6.34. The van der Waals surface area contributed by atoms with Crippen LogP contribution in [0.3, 0.4) is 0 Å². The lowest BCUT2D eigenvalue weighted by Crippen LogP contribution is -2.30. The zero-order chi connectivity index (χ0) is 17.6. The van der Waals surface area contributed by atoms with Crippen LogP contribution in [0, 0.1) is 11.3 Å². The lowest BCUT2D eigenvalue weighted by Gasteiger charge is -2.30. The molecule has 4 nitrogen and oxygen atoms in total. The van der Waals surface area contributed by atoms with Gasteiger partial charge < -0.3 is 9.88 Å². The van der Waals surface area contributed by atoms with Gasteiger partial charge in [0.05, 0.1) is 11.3 Å². The van der Waals surface area contributed by atoms with Crippen molar-refractivity contribution in [3.05, 3.63) is 63.8 Å². The van der Waals surface area contributed by atoms with Crippen LogP contribution in [0.2, 0.25) is 5.02 Å². The molecule has 2 heterocycles. The standard InChI is InChI=1S/C20H16ClN3O/c1-12(25)13-2-3-14(10-22)20(8-13)24-7-6-19-17(11-24)16-9-15(21)4-5-18(16)23-19/h2-5,8-9,23H,6-7,11H2,1H3. The zero-order valence-electron chi connectivity index (χ0n) is 13.8. The molecule has 1 aliphatic rings. The fourth-order valence-corrected chi connectivity index (χ4v) is 3.67. The number of nitriles is 1. The van der Waals surface area contributed by atoms with Crippen LogP contribution in [0.25, 0.3) is 10.9 Å². The number of hydrogen-bond donors (Lipinski definition) is 1. The van der Waals surface area contributed by atoms with Crippen LogP contribution in [0.1, 0.15) is 34.1 Å². The first-order valence-electron chi connectivity index (χ1n) is 8.16. The van der Waals surface area contributed by atoms with Crippen molar-refractivity contribution in [3.8, 4) is 6.07 Å². The van der Waals surface area contributed by atoms with Crippen LogP contribution < -0.4 is 4.90 Å². The molecule has 1 N–H and O–H groups in total. The number of halogens is 1. The summed E-state index contributed by atoms with van der Waals surface area (Å²) in [5.74, 6) is 0.00214. The van der Waals surface area contributed by atoms with Gasteiger partial charge >= 0.3 is 0 Å². The third-order valence-corrected chi connectivity index (χ3v) is 5.04. The Labute approximate surface area is 150 Å². The molecule has 0 spiro atoms. The van der Waals surface area contributed by atoms with Crippen molar-refractivity contribution in [3.63, 3.8) is 0 Å². The monoisotopic (exact) mass is 349 g/mol. The van der Waals surface area contributed by atoms with Gasteiger partial charge in [0.15, 0.2) is 5.78 Å². The molecule has 124 valence electrons. The van der Waals surface area contributed by atoms with E-state index < -0.39 is 0 Å². The van der Waals surface area contributed by atoms with Gasteiger partial charge in [0.1, 0.15) is 6.07 Å². The molecule has 5 heteroatoms. The Balaban J connectivity index is 1.79. The van der Waals surface area contributed by atoms with E-state index in [1.165, 1.54) is 11.3 Å². The number of carbonyl (C=O) groups is 1. The Morgan fingerprint density at radius 2 is 2.12 bits per heavy atom. The normalized spacial score (nSPS) is 13.6. The summed E-state index contributed by atoms with van der Waals surface area (Å²) < 4.78 is 0. The lowest BCUT2D eigenvalue weighted by molar-refractivity contribution is 0.101. The Bertz CT molecular complexity index is 1050. The number of aromatic amines is 1. The largest absolute Gasteiger partial charge is 0.366 e. The minimum atomic E-state index is 0.00214. The molecule has 4 rings (SSSR count). The average molecular weight is 350 g/mol. The first kappa shape index (κ1) is 15.7. The van der Waals surface area contributed by atoms with Gasteiger partial charge in [-0.2, -0.15) is 5.26 Å². The number of ketones is 1. The maximum absolute atomic E-state index is 11.7. The molecular weight excluding hydrogens is 334 g/mol. The molecule has 0 aliphatic carbocycles. The molecule has 0 saturated heterocycles. The van der Waals surface area contributed by atoms with E-state index >= 15 is 0 Å². The number of Topliss-reactive ketones (excluding diaryl/α,β-unsaturated/α-hetero) is 1. The number of carbonyl (C=O) groups excluding carboxylic acids is 1. The third kappa shape index (κ3) is 2.67. The number of fused-ring (bicyclic) bond motifs is 3. The number of aromatic nitrogens is 1. The van der Waals surface area contributed by atoms with E-state index in [-0.39, 0.29) is 5.78 Å².